The number of allylic oxidation sites excluding steroid dienone is 3. The lowest BCUT2D eigenvalue weighted by Crippen LogP contribution is -2.44. The van der Waals surface area contributed by atoms with E-state index in [1.165, 1.54) is 44.3 Å². The van der Waals surface area contributed by atoms with Crippen LogP contribution >= 0.6 is 0 Å². The summed E-state index contributed by atoms with van der Waals surface area (Å²) in [4.78, 5) is 2.57. The van der Waals surface area contributed by atoms with Crippen molar-refractivity contribution in [3.8, 4) is 0 Å². The highest BCUT2D eigenvalue weighted by Gasteiger charge is 2.32. The summed E-state index contributed by atoms with van der Waals surface area (Å²) >= 11 is 0. The average Bonchev–Trinajstić information content (AvgIpc) is 2.39. The van der Waals surface area contributed by atoms with Crippen molar-refractivity contribution >= 4 is 0 Å². The average molecular weight is 250 g/mol. The van der Waals surface area contributed by atoms with Gasteiger partial charge < -0.3 is 5.73 Å². The first-order valence-electron chi connectivity index (χ1n) is 7.36. The summed E-state index contributed by atoms with van der Waals surface area (Å²) in [5, 5.41) is 0. The molecule has 1 aliphatic heterocycles. The van der Waals surface area contributed by atoms with Crippen LogP contribution in [0.15, 0.2) is 23.8 Å². The first kappa shape index (κ1) is 15.5. The molecule has 0 atom stereocenters. The van der Waals surface area contributed by atoms with Crippen LogP contribution in [-0.4, -0.2) is 31.1 Å². The van der Waals surface area contributed by atoms with E-state index in [0.29, 0.717) is 5.41 Å². The molecule has 2 heteroatoms. The van der Waals surface area contributed by atoms with Crippen molar-refractivity contribution in [3.63, 3.8) is 0 Å². The van der Waals surface area contributed by atoms with E-state index in [2.05, 4.69) is 43.9 Å². The fourth-order valence-corrected chi connectivity index (χ4v) is 2.94. The minimum atomic E-state index is 0.437. The zero-order valence-electron chi connectivity index (χ0n) is 12.4. The van der Waals surface area contributed by atoms with Crippen LogP contribution in [0.25, 0.3) is 0 Å². The standard InChI is InChI=1S/C16H30N2/c1-4-6-7-15(3)13-18-11-9-16(14-17,8-5-2)10-12-18/h4,6-7H,5,8-14,17H2,1-3H3/b6-4-,15-7+. The fourth-order valence-electron chi connectivity index (χ4n) is 2.94. The number of rotatable bonds is 6. The van der Waals surface area contributed by atoms with Gasteiger partial charge in [-0.1, -0.05) is 37.1 Å². The predicted octanol–water partition coefficient (Wildman–Crippen LogP) is 3.35. The number of nitrogens with two attached hydrogens (primary N) is 1. The maximum atomic E-state index is 6.00. The summed E-state index contributed by atoms with van der Waals surface area (Å²) in [6.45, 7) is 10.9. The molecule has 18 heavy (non-hydrogen) atoms. The minimum Gasteiger partial charge on any atom is -0.330 e. The Bertz CT molecular complexity index is 283. The number of hydrogen-bond acceptors (Lipinski definition) is 2. The zero-order chi connectivity index (χ0) is 13.4. The highest BCUT2D eigenvalue weighted by molar-refractivity contribution is 5.11. The van der Waals surface area contributed by atoms with E-state index < -0.39 is 0 Å². The Hall–Kier alpha value is -0.600. The van der Waals surface area contributed by atoms with Gasteiger partial charge in [-0.3, -0.25) is 4.90 Å². The van der Waals surface area contributed by atoms with Crippen molar-refractivity contribution in [1.29, 1.82) is 0 Å². The number of likely N-dealkylation sites (tertiary alicyclic amines) is 1. The van der Waals surface area contributed by atoms with Crippen LogP contribution in [0.4, 0.5) is 0 Å². The molecule has 1 fully saturated rings. The number of hydrogen-bond donors (Lipinski definition) is 1. The SMILES string of the molecule is C/C=C\C=C(/C)CN1CCC(CN)(CCC)CC1. The Morgan fingerprint density at radius 3 is 2.50 bits per heavy atom. The van der Waals surface area contributed by atoms with Crippen molar-refractivity contribution in [2.45, 2.75) is 46.5 Å². The lowest BCUT2D eigenvalue weighted by atomic mass is 9.75. The lowest BCUT2D eigenvalue weighted by molar-refractivity contribution is 0.107. The van der Waals surface area contributed by atoms with Gasteiger partial charge in [-0.2, -0.15) is 0 Å². The van der Waals surface area contributed by atoms with Gasteiger partial charge >= 0.3 is 0 Å². The van der Waals surface area contributed by atoms with Gasteiger partial charge in [0.25, 0.3) is 0 Å². The lowest BCUT2D eigenvalue weighted by Gasteiger charge is -2.41. The first-order chi connectivity index (χ1) is 8.65. The third kappa shape index (κ3) is 4.58. The van der Waals surface area contributed by atoms with Crippen molar-refractivity contribution in [1.82, 2.24) is 4.90 Å². The Kier molecular flexibility index (Phi) is 6.66. The molecule has 0 radical (unpaired) electrons. The van der Waals surface area contributed by atoms with E-state index in [9.17, 15) is 0 Å². The molecule has 0 spiro atoms. The second kappa shape index (κ2) is 7.75. The molecule has 104 valence electrons. The minimum absolute atomic E-state index is 0.437. The van der Waals surface area contributed by atoms with Gasteiger partial charge in [-0.15, -0.1) is 0 Å². The van der Waals surface area contributed by atoms with E-state index in [1.54, 1.807) is 0 Å². The van der Waals surface area contributed by atoms with E-state index in [4.69, 9.17) is 5.73 Å². The van der Waals surface area contributed by atoms with Crippen molar-refractivity contribution in [3.05, 3.63) is 23.8 Å². The highest BCUT2D eigenvalue weighted by atomic mass is 15.1. The molecule has 0 aromatic heterocycles. The molecule has 1 aliphatic rings. The molecule has 1 saturated heterocycles. The molecule has 0 amide bonds. The van der Waals surface area contributed by atoms with Crippen molar-refractivity contribution in [2.24, 2.45) is 11.1 Å². The molecule has 1 heterocycles. The predicted molar refractivity (Wildman–Crippen MR) is 80.6 cm³/mol. The largest absolute Gasteiger partial charge is 0.330 e. The number of piperidine rings is 1. The number of nitrogens with zero attached hydrogens (tertiary/aromatic N) is 1. The Morgan fingerprint density at radius 2 is 2.00 bits per heavy atom. The Labute approximate surface area is 113 Å². The molecule has 0 bridgehead atoms. The summed E-state index contributed by atoms with van der Waals surface area (Å²) in [6.07, 6.45) is 11.5. The van der Waals surface area contributed by atoms with E-state index >= 15 is 0 Å². The van der Waals surface area contributed by atoms with Gasteiger partial charge in [-0.05, 0) is 58.2 Å². The summed E-state index contributed by atoms with van der Waals surface area (Å²) in [5.74, 6) is 0. The summed E-state index contributed by atoms with van der Waals surface area (Å²) < 4.78 is 0. The van der Waals surface area contributed by atoms with Crippen LogP contribution in [0.1, 0.15) is 46.5 Å². The van der Waals surface area contributed by atoms with E-state index in [0.717, 1.165) is 13.1 Å². The van der Waals surface area contributed by atoms with Crippen LogP contribution in [-0.2, 0) is 0 Å². The summed E-state index contributed by atoms with van der Waals surface area (Å²) in [6, 6.07) is 0. The first-order valence-corrected chi connectivity index (χ1v) is 7.36. The smallest absolute Gasteiger partial charge is 0.0193 e. The van der Waals surface area contributed by atoms with Crippen LogP contribution in [0.3, 0.4) is 0 Å². The zero-order valence-corrected chi connectivity index (χ0v) is 12.4. The maximum absolute atomic E-state index is 6.00. The van der Waals surface area contributed by atoms with Crippen molar-refractivity contribution < 1.29 is 0 Å². The topological polar surface area (TPSA) is 29.3 Å². The summed E-state index contributed by atoms with van der Waals surface area (Å²) in [5.41, 5.74) is 7.88. The van der Waals surface area contributed by atoms with E-state index in [-0.39, 0.29) is 0 Å². The normalized spacial score (nSPS) is 21.7. The highest BCUT2D eigenvalue weighted by Crippen LogP contribution is 2.35. The Balaban J connectivity index is 2.43. The van der Waals surface area contributed by atoms with Gasteiger partial charge in [0.15, 0.2) is 0 Å². The fraction of sp³-hybridized carbons (Fsp3) is 0.750. The molecule has 2 nitrogen and oxygen atoms in total. The van der Waals surface area contributed by atoms with Crippen molar-refractivity contribution in [2.75, 3.05) is 26.2 Å². The van der Waals surface area contributed by atoms with Gasteiger partial charge in [0, 0.05) is 6.54 Å². The van der Waals surface area contributed by atoms with Crippen LogP contribution in [0.2, 0.25) is 0 Å². The molecule has 0 aromatic rings. The molecule has 0 aliphatic carbocycles. The van der Waals surface area contributed by atoms with Gasteiger partial charge in [0.05, 0.1) is 0 Å². The molecule has 2 N–H and O–H groups in total. The van der Waals surface area contributed by atoms with Gasteiger partial charge in [0.1, 0.15) is 0 Å². The van der Waals surface area contributed by atoms with Gasteiger partial charge in [-0.25, -0.2) is 0 Å². The third-order valence-corrected chi connectivity index (χ3v) is 4.18. The monoisotopic (exact) mass is 250 g/mol. The van der Waals surface area contributed by atoms with Gasteiger partial charge in [0.2, 0.25) is 0 Å². The molecular formula is C16H30N2. The second-order valence-electron chi connectivity index (χ2n) is 5.77. The summed E-state index contributed by atoms with van der Waals surface area (Å²) in [7, 11) is 0. The van der Waals surface area contributed by atoms with Crippen LogP contribution < -0.4 is 5.73 Å². The molecule has 0 unspecified atom stereocenters. The quantitative estimate of drug-likeness (QED) is 0.733. The molecule has 1 rings (SSSR count). The molecule has 0 aromatic carbocycles. The second-order valence-corrected chi connectivity index (χ2v) is 5.77. The molecule has 0 saturated carbocycles. The maximum Gasteiger partial charge on any atom is 0.0193 e. The van der Waals surface area contributed by atoms with E-state index in [1.807, 2.05) is 0 Å². The van der Waals surface area contributed by atoms with Crippen LogP contribution in [0.5, 0.6) is 0 Å². The molecular weight excluding hydrogens is 220 g/mol. The Morgan fingerprint density at radius 1 is 1.33 bits per heavy atom. The third-order valence-electron chi connectivity index (χ3n) is 4.18. The van der Waals surface area contributed by atoms with Crippen LogP contribution in [0, 0.1) is 5.41 Å².